The van der Waals surface area contributed by atoms with Crippen molar-refractivity contribution in [2.24, 2.45) is 0 Å². The van der Waals surface area contributed by atoms with Crippen LogP contribution in [0.5, 0.6) is 23.0 Å². The van der Waals surface area contributed by atoms with Crippen molar-refractivity contribution in [3.8, 4) is 34.3 Å². The van der Waals surface area contributed by atoms with Gasteiger partial charge in [-0.2, -0.15) is 0 Å². The van der Waals surface area contributed by atoms with E-state index >= 15 is 0 Å². The van der Waals surface area contributed by atoms with Crippen molar-refractivity contribution in [3.05, 3.63) is 154 Å². The first-order chi connectivity index (χ1) is 22.8. The Morgan fingerprint density at radius 2 is 1.15 bits per heavy atom. The number of ether oxygens (including phenoxy) is 4. The molecule has 0 aliphatic heterocycles. The Bertz CT molecular complexity index is 2060. The van der Waals surface area contributed by atoms with Crippen LogP contribution in [0, 0.1) is 0 Å². The monoisotopic (exact) mass is 650 g/mol. The Hall–Kier alpha value is -5.34. The van der Waals surface area contributed by atoms with Gasteiger partial charge in [0.25, 0.3) is 0 Å². The van der Waals surface area contributed by atoms with E-state index in [0.717, 1.165) is 16.7 Å². The van der Waals surface area contributed by atoms with Gasteiger partial charge in [0.15, 0.2) is 23.6 Å². The average Bonchev–Trinajstić information content (AvgIpc) is 3.09. The highest BCUT2D eigenvalue weighted by molar-refractivity contribution is 7.51. The van der Waals surface area contributed by atoms with E-state index in [4.69, 9.17) is 23.4 Å². The van der Waals surface area contributed by atoms with Gasteiger partial charge in [-0.25, -0.2) is 0 Å². The molecule has 0 spiro atoms. The Morgan fingerprint density at radius 3 is 1.72 bits per heavy atom. The maximum Gasteiger partial charge on any atom is 0.362 e. The molecule has 0 radical (unpaired) electrons. The van der Waals surface area contributed by atoms with E-state index in [-0.39, 0.29) is 35.7 Å². The molecule has 9 nitrogen and oxygen atoms in total. The lowest BCUT2D eigenvalue weighted by molar-refractivity contribution is 0.256. The van der Waals surface area contributed by atoms with Crippen LogP contribution in [0.25, 0.3) is 22.3 Å². The summed E-state index contributed by atoms with van der Waals surface area (Å²) < 4.78 is 41.8. The summed E-state index contributed by atoms with van der Waals surface area (Å²) in [6.45, 7) is 0.826. The van der Waals surface area contributed by atoms with Crippen LogP contribution in [0.3, 0.4) is 0 Å². The quantitative estimate of drug-likeness (QED) is 0.121. The Labute approximate surface area is 270 Å². The number of rotatable bonds is 13. The third kappa shape index (κ3) is 8.28. The molecule has 0 aliphatic rings. The molecular weight excluding hydrogens is 619 g/mol. The first-order valence-corrected chi connectivity index (χ1v) is 16.5. The second kappa shape index (κ2) is 14.4. The molecule has 0 saturated carbocycles. The predicted octanol–water partition coefficient (Wildman–Crippen LogP) is 7.71. The van der Waals surface area contributed by atoms with Crippen LogP contribution in [0.4, 0.5) is 0 Å². The molecule has 5 aromatic carbocycles. The van der Waals surface area contributed by atoms with Gasteiger partial charge in [-0.05, 0) is 47.0 Å². The summed E-state index contributed by atoms with van der Waals surface area (Å²) >= 11 is 0. The van der Waals surface area contributed by atoms with E-state index < -0.39 is 19.4 Å². The lowest BCUT2D eigenvalue weighted by Gasteiger charge is -2.16. The average molecular weight is 651 g/mol. The Kier molecular flexibility index (Phi) is 9.69. The summed E-state index contributed by atoms with van der Waals surface area (Å²) in [7, 11) is -4.64. The molecule has 1 aromatic heterocycles. The number of hydrogen-bond donors (Lipinski definition) is 2. The molecule has 0 unspecified atom stereocenters. The molecule has 47 heavy (non-hydrogen) atoms. The van der Waals surface area contributed by atoms with E-state index in [0.29, 0.717) is 29.4 Å². The summed E-state index contributed by atoms with van der Waals surface area (Å²) in [5, 5.41) is 0.157. The molecule has 0 bridgehead atoms. The summed E-state index contributed by atoms with van der Waals surface area (Å²) in [4.78, 5) is 32.8. The second-order valence-corrected chi connectivity index (χ2v) is 12.3. The van der Waals surface area contributed by atoms with Gasteiger partial charge in [0.2, 0.25) is 11.2 Å². The first kappa shape index (κ1) is 31.6. The van der Waals surface area contributed by atoms with Crippen LogP contribution < -0.4 is 24.4 Å². The summed E-state index contributed by atoms with van der Waals surface area (Å²) in [6, 6.07) is 38.7. The van der Waals surface area contributed by atoms with Crippen molar-refractivity contribution in [2.75, 3.05) is 6.35 Å². The Morgan fingerprint density at radius 1 is 0.596 bits per heavy atom. The van der Waals surface area contributed by atoms with Gasteiger partial charge in [-0.1, -0.05) is 91.0 Å². The molecule has 0 aliphatic carbocycles. The molecule has 0 amide bonds. The molecule has 0 fully saturated rings. The largest absolute Gasteiger partial charge is 0.489 e. The van der Waals surface area contributed by atoms with Gasteiger partial charge >= 0.3 is 7.60 Å². The van der Waals surface area contributed by atoms with Gasteiger partial charge in [0.05, 0.1) is 5.39 Å². The van der Waals surface area contributed by atoms with Crippen LogP contribution in [-0.4, -0.2) is 16.1 Å². The van der Waals surface area contributed by atoms with Crippen molar-refractivity contribution < 1.29 is 37.7 Å². The fourth-order valence-corrected chi connectivity index (χ4v) is 5.11. The second-order valence-electron chi connectivity index (χ2n) is 10.7. The maximum atomic E-state index is 13.7. The van der Waals surface area contributed by atoms with Crippen molar-refractivity contribution in [2.45, 2.75) is 19.8 Å². The fourth-order valence-electron chi connectivity index (χ4n) is 4.81. The summed E-state index contributed by atoms with van der Waals surface area (Å²) in [6.07, 6.45) is -1.01. The number of benzene rings is 5. The lowest BCUT2D eigenvalue weighted by atomic mass is 10.1. The van der Waals surface area contributed by atoms with E-state index in [2.05, 4.69) is 0 Å². The molecule has 6 rings (SSSR count). The van der Waals surface area contributed by atoms with E-state index in [9.17, 15) is 19.1 Å². The van der Waals surface area contributed by atoms with Gasteiger partial charge in [0, 0.05) is 11.6 Å². The zero-order chi connectivity index (χ0) is 32.6. The van der Waals surface area contributed by atoms with Crippen molar-refractivity contribution >= 4 is 18.6 Å². The highest BCUT2D eigenvalue weighted by atomic mass is 31.2. The minimum atomic E-state index is -4.64. The zero-order valence-corrected chi connectivity index (χ0v) is 26.0. The standard InChI is InChI=1S/C37H31O9P/c38-35-31-18-17-30(42-22-26-10-4-1-5-11-26)21-33(31)46-36(37(35)45-25-47(39,40)41)29-16-19-32(43-23-27-12-6-2-7-13-27)34(20-29)44-24-28-14-8-3-9-15-28/h1-21H,22-25H2,(H2,39,40,41). The molecule has 2 N–H and O–H groups in total. The molecule has 10 heteroatoms. The van der Waals surface area contributed by atoms with Crippen molar-refractivity contribution in [1.82, 2.24) is 0 Å². The molecule has 6 aromatic rings. The topological polar surface area (TPSA) is 125 Å². The SMILES string of the molecule is O=c1c(OCP(=O)(O)O)c(-c2ccc(OCc3ccccc3)c(OCc3ccccc3)c2)oc2cc(OCc3ccccc3)ccc12. The van der Waals surface area contributed by atoms with Gasteiger partial charge in [0.1, 0.15) is 31.2 Å². The third-order valence-corrected chi connectivity index (χ3v) is 7.59. The van der Waals surface area contributed by atoms with Crippen LogP contribution >= 0.6 is 7.60 Å². The minimum absolute atomic E-state index is 0.0321. The van der Waals surface area contributed by atoms with Gasteiger partial charge in [-0.3, -0.25) is 9.36 Å². The summed E-state index contributed by atoms with van der Waals surface area (Å²) in [5.41, 5.74) is 2.84. The molecule has 0 saturated heterocycles. The molecule has 0 atom stereocenters. The highest BCUT2D eigenvalue weighted by Crippen LogP contribution is 2.40. The first-order valence-electron chi connectivity index (χ1n) is 14.8. The maximum absolute atomic E-state index is 13.7. The molecular formula is C37H31O9P. The molecule has 1 heterocycles. The lowest BCUT2D eigenvalue weighted by Crippen LogP contribution is -2.11. The Balaban J connectivity index is 1.39. The van der Waals surface area contributed by atoms with Crippen LogP contribution in [-0.2, 0) is 24.4 Å². The van der Waals surface area contributed by atoms with Crippen LogP contribution in [0.15, 0.2) is 137 Å². The number of fused-ring (bicyclic) bond motifs is 1. The summed E-state index contributed by atoms with van der Waals surface area (Å²) in [5.74, 6) is 0.911. The highest BCUT2D eigenvalue weighted by Gasteiger charge is 2.23. The van der Waals surface area contributed by atoms with E-state index in [1.165, 1.54) is 6.07 Å². The van der Waals surface area contributed by atoms with Gasteiger partial charge in [-0.15, -0.1) is 0 Å². The van der Waals surface area contributed by atoms with E-state index in [1.807, 2.05) is 91.0 Å². The normalized spacial score (nSPS) is 11.3. The van der Waals surface area contributed by atoms with Gasteiger partial charge < -0.3 is 33.2 Å². The van der Waals surface area contributed by atoms with Crippen molar-refractivity contribution in [1.29, 1.82) is 0 Å². The predicted molar refractivity (Wildman–Crippen MR) is 178 cm³/mol. The van der Waals surface area contributed by atoms with Crippen LogP contribution in [0.1, 0.15) is 16.7 Å². The molecule has 238 valence electrons. The number of hydrogen-bond acceptors (Lipinski definition) is 7. The smallest absolute Gasteiger partial charge is 0.362 e. The van der Waals surface area contributed by atoms with E-state index in [1.54, 1.807) is 30.3 Å². The minimum Gasteiger partial charge on any atom is -0.489 e. The fraction of sp³-hybridized carbons (Fsp3) is 0.108. The zero-order valence-electron chi connectivity index (χ0n) is 25.2. The van der Waals surface area contributed by atoms with Crippen LogP contribution in [0.2, 0.25) is 0 Å². The third-order valence-electron chi connectivity index (χ3n) is 7.13. The van der Waals surface area contributed by atoms with Crippen molar-refractivity contribution in [3.63, 3.8) is 0 Å².